The Labute approximate surface area is 175 Å². The Hall–Kier alpha value is -2.04. The van der Waals surface area contributed by atoms with Crippen molar-refractivity contribution >= 4 is 0 Å². The minimum atomic E-state index is 0.150. The second kappa shape index (κ2) is 10.1. The maximum absolute atomic E-state index is 6.05. The molecule has 0 spiro atoms. The summed E-state index contributed by atoms with van der Waals surface area (Å²) in [5.41, 5.74) is 3.89. The first kappa shape index (κ1) is 21.7. The molecular formula is C25H35NO3. The minimum absolute atomic E-state index is 0.150. The molecule has 3 rings (SSSR count). The Morgan fingerprint density at radius 3 is 2.38 bits per heavy atom. The second-order valence-electron chi connectivity index (χ2n) is 8.77. The number of methoxy groups -OCH3 is 1. The van der Waals surface area contributed by atoms with Crippen LogP contribution in [0.2, 0.25) is 0 Å². The molecule has 2 aromatic carbocycles. The van der Waals surface area contributed by atoms with E-state index in [1.807, 2.05) is 0 Å². The van der Waals surface area contributed by atoms with Gasteiger partial charge in [-0.05, 0) is 60.2 Å². The Balaban J connectivity index is 1.56. The monoisotopic (exact) mass is 397 g/mol. The first-order chi connectivity index (χ1) is 14.0. The Morgan fingerprint density at radius 2 is 1.72 bits per heavy atom. The summed E-state index contributed by atoms with van der Waals surface area (Å²) in [6, 6.07) is 14.9. The molecule has 0 saturated carbocycles. The molecule has 0 unspecified atom stereocenters. The number of aryl methyl sites for hydroxylation is 1. The predicted molar refractivity (Wildman–Crippen MR) is 118 cm³/mol. The van der Waals surface area contributed by atoms with Gasteiger partial charge < -0.3 is 14.2 Å². The van der Waals surface area contributed by atoms with E-state index in [4.69, 9.17) is 14.2 Å². The largest absolute Gasteiger partial charge is 0.496 e. The van der Waals surface area contributed by atoms with Crippen LogP contribution in [0.4, 0.5) is 0 Å². The first-order valence-corrected chi connectivity index (χ1v) is 10.6. The molecule has 0 N–H and O–H groups in total. The molecule has 1 saturated heterocycles. The van der Waals surface area contributed by atoms with Crippen molar-refractivity contribution in [3.63, 3.8) is 0 Å². The van der Waals surface area contributed by atoms with E-state index < -0.39 is 0 Å². The maximum Gasteiger partial charge on any atom is 0.125 e. The normalized spacial score (nSPS) is 15.3. The van der Waals surface area contributed by atoms with Crippen LogP contribution in [0.3, 0.4) is 0 Å². The fraction of sp³-hybridized carbons (Fsp3) is 0.520. The molecule has 1 heterocycles. The number of rotatable bonds is 8. The van der Waals surface area contributed by atoms with Crippen molar-refractivity contribution in [1.29, 1.82) is 0 Å². The molecule has 4 heteroatoms. The van der Waals surface area contributed by atoms with Crippen LogP contribution in [0.5, 0.6) is 11.5 Å². The predicted octanol–water partition coefficient (Wildman–Crippen LogP) is 4.84. The van der Waals surface area contributed by atoms with Crippen LogP contribution in [-0.4, -0.2) is 44.9 Å². The van der Waals surface area contributed by atoms with Crippen LogP contribution < -0.4 is 9.47 Å². The molecule has 0 atom stereocenters. The third-order valence-corrected chi connectivity index (χ3v) is 5.50. The fourth-order valence-corrected chi connectivity index (χ4v) is 3.64. The molecule has 4 nitrogen and oxygen atoms in total. The molecule has 0 bridgehead atoms. The van der Waals surface area contributed by atoms with Gasteiger partial charge in [-0.3, -0.25) is 4.90 Å². The second-order valence-corrected chi connectivity index (χ2v) is 8.77. The van der Waals surface area contributed by atoms with E-state index in [1.165, 1.54) is 11.1 Å². The molecule has 0 amide bonds. The maximum atomic E-state index is 6.05. The number of ether oxygens (including phenoxy) is 3. The highest BCUT2D eigenvalue weighted by Crippen LogP contribution is 2.26. The number of morpholine rings is 1. The molecular weight excluding hydrogens is 362 g/mol. The highest BCUT2D eigenvalue weighted by molar-refractivity contribution is 5.38. The Morgan fingerprint density at radius 1 is 1.00 bits per heavy atom. The Kier molecular flexibility index (Phi) is 7.57. The van der Waals surface area contributed by atoms with Crippen LogP contribution in [0, 0.1) is 0 Å². The summed E-state index contributed by atoms with van der Waals surface area (Å²) >= 11 is 0. The lowest BCUT2D eigenvalue weighted by Gasteiger charge is -2.26. The lowest BCUT2D eigenvalue weighted by molar-refractivity contribution is 0.0374. The molecule has 0 aliphatic carbocycles. The summed E-state index contributed by atoms with van der Waals surface area (Å²) in [5.74, 6) is 1.77. The zero-order valence-electron chi connectivity index (χ0n) is 18.4. The van der Waals surface area contributed by atoms with E-state index in [9.17, 15) is 0 Å². The molecule has 0 radical (unpaired) electrons. The van der Waals surface area contributed by atoms with Gasteiger partial charge in [-0.15, -0.1) is 0 Å². The third kappa shape index (κ3) is 6.48. The van der Waals surface area contributed by atoms with Crippen molar-refractivity contribution in [2.24, 2.45) is 0 Å². The molecule has 0 aromatic heterocycles. The summed E-state index contributed by atoms with van der Waals surface area (Å²) in [6.07, 6.45) is 2.22. The molecule has 1 aliphatic heterocycles. The van der Waals surface area contributed by atoms with E-state index in [-0.39, 0.29) is 5.41 Å². The molecule has 1 aliphatic rings. The summed E-state index contributed by atoms with van der Waals surface area (Å²) in [6.45, 7) is 12.1. The summed E-state index contributed by atoms with van der Waals surface area (Å²) in [5, 5.41) is 0. The number of benzene rings is 2. The van der Waals surface area contributed by atoms with Crippen molar-refractivity contribution in [3.05, 3.63) is 59.2 Å². The van der Waals surface area contributed by atoms with Crippen LogP contribution in [0.15, 0.2) is 42.5 Å². The van der Waals surface area contributed by atoms with E-state index in [0.29, 0.717) is 6.61 Å². The van der Waals surface area contributed by atoms with Gasteiger partial charge in [0.1, 0.15) is 18.1 Å². The SMILES string of the molecule is COc1ccc(CCCN2CCOCC2)cc1COc1ccc(C(C)(C)C)cc1. The fourth-order valence-electron chi connectivity index (χ4n) is 3.64. The third-order valence-electron chi connectivity index (χ3n) is 5.50. The van der Waals surface area contributed by atoms with Crippen molar-refractivity contribution in [1.82, 2.24) is 4.90 Å². The van der Waals surface area contributed by atoms with E-state index >= 15 is 0 Å². The molecule has 158 valence electrons. The van der Waals surface area contributed by atoms with E-state index in [1.54, 1.807) is 7.11 Å². The average molecular weight is 398 g/mol. The van der Waals surface area contributed by atoms with Gasteiger partial charge in [-0.1, -0.05) is 39.0 Å². The van der Waals surface area contributed by atoms with Crippen LogP contribution >= 0.6 is 0 Å². The number of hydrogen-bond donors (Lipinski definition) is 0. The topological polar surface area (TPSA) is 30.9 Å². The molecule has 29 heavy (non-hydrogen) atoms. The number of nitrogens with zero attached hydrogens (tertiary/aromatic N) is 1. The Bertz CT molecular complexity index is 759. The van der Waals surface area contributed by atoms with Crippen molar-refractivity contribution in [2.75, 3.05) is 40.0 Å². The smallest absolute Gasteiger partial charge is 0.125 e. The first-order valence-electron chi connectivity index (χ1n) is 10.6. The van der Waals surface area contributed by atoms with Crippen LogP contribution in [0.25, 0.3) is 0 Å². The van der Waals surface area contributed by atoms with Gasteiger partial charge in [-0.25, -0.2) is 0 Å². The molecule has 2 aromatic rings. The zero-order chi connectivity index (χ0) is 20.7. The van der Waals surface area contributed by atoms with Gasteiger partial charge in [0.05, 0.1) is 20.3 Å². The standard InChI is InChI=1S/C25H35NO3/c1-25(2,3)22-8-10-23(11-9-22)29-19-21-18-20(7-12-24(21)27-4)6-5-13-26-14-16-28-17-15-26/h7-12,18H,5-6,13-17,19H2,1-4H3. The average Bonchev–Trinajstić information content (AvgIpc) is 2.73. The van der Waals surface area contributed by atoms with Gasteiger partial charge in [0.25, 0.3) is 0 Å². The van der Waals surface area contributed by atoms with E-state index in [0.717, 1.165) is 62.8 Å². The van der Waals surface area contributed by atoms with Crippen molar-refractivity contribution < 1.29 is 14.2 Å². The lowest BCUT2D eigenvalue weighted by Crippen LogP contribution is -2.36. The quantitative estimate of drug-likeness (QED) is 0.638. The van der Waals surface area contributed by atoms with Crippen molar-refractivity contribution in [2.45, 2.75) is 45.6 Å². The van der Waals surface area contributed by atoms with Gasteiger partial charge >= 0.3 is 0 Å². The van der Waals surface area contributed by atoms with Crippen LogP contribution in [-0.2, 0) is 23.2 Å². The van der Waals surface area contributed by atoms with Gasteiger partial charge in [0, 0.05) is 18.7 Å². The number of hydrogen-bond acceptors (Lipinski definition) is 4. The minimum Gasteiger partial charge on any atom is -0.496 e. The lowest BCUT2D eigenvalue weighted by atomic mass is 9.87. The van der Waals surface area contributed by atoms with Crippen LogP contribution in [0.1, 0.15) is 43.9 Å². The summed E-state index contributed by atoms with van der Waals surface area (Å²) in [4.78, 5) is 2.48. The van der Waals surface area contributed by atoms with Gasteiger partial charge in [0.15, 0.2) is 0 Å². The molecule has 1 fully saturated rings. The summed E-state index contributed by atoms with van der Waals surface area (Å²) in [7, 11) is 1.72. The van der Waals surface area contributed by atoms with Crippen molar-refractivity contribution in [3.8, 4) is 11.5 Å². The highest BCUT2D eigenvalue weighted by Gasteiger charge is 2.13. The zero-order valence-corrected chi connectivity index (χ0v) is 18.4. The highest BCUT2D eigenvalue weighted by atomic mass is 16.5. The van der Waals surface area contributed by atoms with Gasteiger partial charge in [0.2, 0.25) is 0 Å². The summed E-state index contributed by atoms with van der Waals surface area (Å²) < 4.78 is 17.0. The van der Waals surface area contributed by atoms with Gasteiger partial charge in [-0.2, -0.15) is 0 Å². The van der Waals surface area contributed by atoms with E-state index in [2.05, 4.69) is 68.1 Å².